The van der Waals surface area contributed by atoms with Crippen LogP contribution in [0.5, 0.6) is 0 Å². The normalized spacial score (nSPS) is 9.88. The van der Waals surface area contributed by atoms with Gasteiger partial charge in [-0.2, -0.15) is 0 Å². The Labute approximate surface area is 99.1 Å². The van der Waals surface area contributed by atoms with Crippen molar-refractivity contribution in [2.75, 3.05) is 12.4 Å². The second kappa shape index (κ2) is 6.27. The van der Waals surface area contributed by atoms with Gasteiger partial charge in [0.05, 0.1) is 6.61 Å². The average molecular weight is 238 g/mol. The highest BCUT2D eigenvalue weighted by molar-refractivity contribution is 7.99. The van der Waals surface area contributed by atoms with Gasteiger partial charge in [-0.25, -0.2) is 14.8 Å². The van der Waals surface area contributed by atoms with Gasteiger partial charge in [0.25, 0.3) is 0 Å². The molecular weight excluding hydrogens is 224 g/mol. The van der Waals surface area contributed by atoms with E-state index in [1.807, 2.05) is 13.0 Å². The number of hydrogen-bond donors (Lipinski definition) is 0. The van der Waals surface area contributed by atoms with Gasteiger partial charge in [-0.15, -0.1) is 0 Å². The Bertz CT molecular complexity index is 393. The fourth-order valence-electron chi connectivity index (χ4n) is 0.939. The highest BCUT2D eigenvalue weighted by atomic mass is 32.2. The van der Waals surface area contributed by atoms with E-state index in [1.54, 1.807) is 13.1 Å². The van der Waals surface area contributed by atoms with Crippen LogP contribution in [0.4, 0.5) is 0 Å². The number of aryl methyl sites for hydroxylation is 1. The number of esters is 1. The SMILES string of the molecule is C=C(CSc1nccc(C)n1)C(=O)OCC. The van der Waals surface area contributed by atoms with Gasteiger partial charge in [0.2, 0.25) is 0 Å². The highest BCUT2D eigenvalue weighted by Crippen LogP contribution is 2.15. The van der Waals surface area contributed by atoms with E-state index >= 15 is 0 Å². The topological polar surface area (TPSA) is 52.1 Å². The van der Waals surface area contributed by atoms with Crippen LogP contribution in [0.1, 0.15) is 12.6 Å². The molecule has 0 saturated carbocycles. The van der Waals surface area contributed by atoms with Crippen molar-refractivity contribution in [1.29, 1.82) is 0 Å². The van der Waals surface area contributed by atoms with E-state index < -0.39 is 0 Å². The second-order valence-electron chi connectivity index (χ2n) is 3.09. The summed E-state index contributed by atoms with van der Waals surface area (Å²) in [6.45, 7) is 7.68. The van der Waals surface area contributed by atoms with Gasteiger partial charge in [0, 0.05) is 23.2 Å². The third-order valence-electron chi connectivity index (χ3n) is 1.71. The van der Waals surface area contributed by atoms with Gasteiger partial charge in [-0.3, -0.25) is 0 Å². The molecule has 0 amide bonds. The molecular formula is C11H14N2O2S. The van der Waals surface area contributed by atoms with Crippen molar-refractivity contribution >= 4 is 17.7 Å². The molecule has 0 N–H and O–H groups in total. The molecule has 0 saturated heterocycles. The number of carbonyl (C=O) groups excluding carboxylic acids is 1. The van der Waals surface area contributed by atoms with Gasteiger partial charge in [-0.1, -0.05) is 18.3 Å². The first-order chi connectivity index (χ1) is 7.63. The first kappa shape index (κ1) is 12.7. The summed E-state index contributed by atoms with van der Waals surface area (Å²) in [4.78, 5) is 19.5. The van der Waals surface area contributed by atoms with Crippen LogP contribution >= 0.6 is 11.8 Å². The summed E-state index contributed by atoms with van der Waals surface area (Å²) >= 11 is 1.37. The van der Waals surface area contributed by atoms with Crippen LogP contribution < -0.4 is 0 Å². The summed E-state index contributed by atoms with van der Waals surface area (Å²) < 4.78 is 4.82. The van der Waals surface area contributed by atoms with Crippen molar-refractivity contribution in [2.24, 2.45) is 0 Å². The van der Waals surface area contributed by atoms with Gasteiger partial charge < -0.3 is 4.74 Å². The molecule has 0 aromatic carbocycles. The Balaban J connectivity index is 2.46. The number of hydrogen-bond acceptors (Lipinski definition) is 5. The zero-order valence-electron chi connectivity index (χ0n) is 9.40. The third-order valence-corrected chi connectivity index (χ3v) is 2.66. The molecule has 86 valence electrons. The summed E-state index contributed by atoms with van der Waals surface area (Å²) in [5.41, 5.74) is 1.33. The van der Waals surface area contributed by atoms with Crippen molar-refractivity contribution in [3.8, 4) is 0 Å². The number of nitrogens with zero attached hydrogens (tertiary/aromatic N) is 2. The average Bonchev–Trinajstić information content (AvgIpc) is 2.26. The largest absolute Gasteiger partial charge is 0.463 e. The van der Waals surface area contributed by atoms with Crippen LogP contribution in [0.2, 0.25) is 0 Å². The maximum atomic E-state index is 11.3. The number of carbonyl (C=O) groups is 1. The Hall–Kier alpha value is -1.36. The minimum Gasteiger partial charge on any atom is -0.463 e. The van der Waals surface area contributed by atoms with Crippen LogP contribution in [0.25, 0.3) is 0 Å². The van der Waals surface area contributed by atoms with Crippen molar-refractivity contribution < 1.29 is 9.53 Å². The number of thioether (sulfide) groups is 1. The third kappa shape index (κ3) is 4.02. The monoisotopic (exact) mass is 238 g/mol. The van der Waals surface area contributed by atoms with Gasteiger partial charge in [-0.05, 0) is 19.9 Å². The number of rotatable bonds is 5. The molecule has 0 spiro atoms. The lowest BCUT2D eigenvalue weighted by atomic mass is 10.4. The van der Waals surface area contributed by atoms with Gasteiger partial charge in [0.1, 0.15) is 0 Å². The van der Waals surface area contributed by atoms with Crippen molar-refractivity contribution in [1.82, 2.24) is 9.97 Å². The molecule has 0 aliphatic carbocycles. The lowest BCUT2D eigenvalue weighted by Crippen LogP contribution is -2.08. The second-order valence-corrected chi connectivity index (χ2v) is 4.04. The van der Waals surface area contributed by atoms with E-state index in [2.05, 4.69) is 16.5 Å². The number of ether oxygens (including phenoxy) is 1. The molecule has 0 bridgehead atoms. The quantitative estimate of drug-likeness (QED) is 0.340. The molecule has 1 heterocycles. The molecule has 5 heteroatoms. The molecule has 4 nitrogen and oxygen atoms in total. The fraction of sp³-hybridized carbons (Fsp3) is 0.364. The summed E-state index contributed by atoms with van der Waals surface area (Å²) in [5, 5.41) is 0.644. The molecule has 1 aromatic rings. The number of aromatic nitrogens is 2. The van der Waals surface area contributed by atoms with Gasteiger partial charge in [0.15, 0.2) is 5.16 Å². The maximum Gasteiger partial charge on any atom is 0.334 e. The van der Waals surface area contributed by atoms with Crippen molar-refractivity contribution in [2.45, 2.75) is 19.0 Å². The zero-order valence-corrected chi connectivity index (χ0v) is 10.2. The fourth-order valence-corrected chi connectivity index (χ4v) is 1.70. The molecule has 0 aliphatic rings. The summed E-state index contributed by atoms with van der Waals surface area (Å²) in [7, 11) is 0. The Morgan fingerprint density at radius 2 is 2.38 bits per heavy atom. The molecule has 0 radical (unpaired) electrons. The molecule has 0 fully saturated rings. The standard InChI is InChI=1S/C11H14N2O2S/c1-4-15-10(14)8(2)7-16-11-12-6-5-9(3)13-11/h5-6H,2,4,7H2,1,3H3. The van der Waals surface area contributed by atoms with Crippen molar-refractivity contribution in [3.63, 3.8) is 0 Å². The Morgan fingerprint density at radius 3 is 3.00 bits per heavy atom. The smallest absolute Gasteiger partial charge is 0.334 e. The van der Waals surface area contributed by atoms with Crippen LogP contribution in [-0.2, 0) is 9.53 Å². The van der Waals surface area contributed by atoms with Crippen LogP contribution in [0, 0.1) is 6.92 Å². The predicted molar refractivity (Wildman–Crippen MR) is 63.3 cm³/mol. The minimum absolute atomic E-state index is 0.359. The summed E-state index contributed by atoms with van der Waals surface area (Å²) in [6, 6.07) is 1.82. The van der Waals surface area contributed by atoms with E-state index in [4.69, 9.17) is 4.74 Å². The maximum absolute atomic E-state index is 11.3. The minimum atomic E-state index is -0.359. The predicted octanol–water partition coefficient (Wildman–Crippen LogP) is 2.00. The van der Waals surface area contributed by atoms with E-state index in [0.717, 1.165) is 5.69 Å². The van der Waals surface area contributed by atoms with E-state index in [-0.39, 0.29) is 5.97 Å². The molecule has 0 atom stereocenters. The van der Waals surface area contributed by atoms with Crippen LogP contribution in [0.3, 0.4) is 0 Å². The zero-order chi connectivity index (χ0) is 12.0. The lowest BCUT2D eigenvalue weighted by Gasteiger charge is -2.04. The lowest BCUT2D eigenvalue weighted by molar-refractivity contribution is -0.138. The molecule has 16 heavy (non-hydrogen) atoms. The molecule has 0 aliphatic heterocycles. The van der Waals surface area contributed by atoms with Crippen LogP contribution in [-0.4, -0.2) is 28.3 Å². The molecule has 1 rings (SSSR count). The van der Waals surface area contributed by atoms with Crippen LogP contribution in [0.15, 0.2) is 29.6 Å². The summed E-state index contributed by atoms with van der Waals surface area (Å²) in [6.07, 6.45) is 1.69. The Morgan fingerprint density at radius 1 is 1.62 bits per heavy atom. The van der Waals surface area contributed by atoms with Crippen molar-refractivity contribution in [3.05, 3.63) is 30.1 Å². The Kier molecular flexibility index (Phi) is 4.98. The first-order valence-corrected chi connectivity index (χ1v) is 5.89. The molecule has 1 aromatic heterocycles. The summed E-state index contributed by atoms with van der Waals surface area (Å²) in [5.74, 6) is 0.0881. The van der Waals surface area contributed by atoms with E-state index in [1.165, 1.54) is 11.8 Å². The van der Waals surface area contributed by atoms with Gasteiger partial charge >= 0.3 is 5.97 Å². The highest BCUT2D eigenvalue weighted by Gasteiger charge is 2.08. The van der Waals surface area contributed by atoms with E-state index in [9.17, 15) is 4.79 Å². The first-order valence-electron chi connectivity index (χ1n) is 4.90. The van der Waals surface area contributed by atoms with E-state index in [0.29, 0.717) is 23.1 Å². The molecule has 0 unspecified atom stereocenters.